The van der Waals surface area contributed by atoms with Gasteiger partial charge in [-0.1, -0.05) is 36.8 Å². The first-order chi connectivity index (χ1) is 11.5. The molecule has 1 unspecified atom stereocenters. The van der Waals surface area contributed by atoms with E-state index in [1.54, 1.807) is 0 Å². The lowest BCUT2D eigenvalue weighted by Crippen LogP contribution is -2.34. The fourth-order valence-electron chi connectivity index (χ4n) is 3.15. The number of nitrogens with zero attached hydrogens (tertiary/aromatic N) is 1. The summed E-state index contributed by atoms with van der Waals surface area (Å²) in [6.45, 7) is 0.658. The molecule has 1 atom stereocenters. The lowest BCUT2D eigenvalue weighted by molar-refractivity contribution is 0.402. The lowest BCUT2D eigenvalue weighted by Gasteiger charge is -2.24. The van der Waals surface area contributed by atoms with Crippen LogP contribution in [0, 0.1) is 11.6 Å². The number of sulfonamides is 1. The maximum Gasteiger partial charge on any atom is 0.246 e. The molecule has 0 amide bonds. The normalized spacial score (nSPS) is 19.8. The van der Waals surface area contributed by atoms with Gasteiger partial charge in [0.2, 0.25) is 10.0 Å². The summed E-state index contributed by atoms with van der Waals surface area (Å²) in [6.07, 6.45) is 2.53. The third kappa shape index (κ3) is 3.49. The van der Waals surface area contributed by atoms with Crippen LogP contribution >= 0.6 is 0 Å². The summed E-state index contributed by atoms with van der Waals surface area (Å²) in [4.78, 5) is -0.461. The van der Waals surface area contributed by atoms with Gasteiger partial charge in [0.25, 0.3) is 0 Å². The summed E-state index contributed by atoms with van der Waals surface area (Å²) in [5, 5.41) is 0. The van der Waals surface area contributed by atoms with E-state index in [2.05, 4.69) is 0 Å². The van der Waals surface area contributed by atoms with E-state index in [-0.39, 0.29) is 5.92 Å². The second kappa shape index (κ2) is 6.99. The van der Waals surface area contributed by atoms with Gasteiger partial charge < -0.3 is 0 Å². The van der Waals surface area contributed by atoms with Crippen LogP contribution < -0.4 is 0 Å². The Labute approximate surface area is 141 Å². The Balaban J connectivity index is 1.91. The molecule has 0 spiro atoms. The van der Waals surface area contributed by atoms with E-state index in [0.717, 1.165) is 37.0 Å². The van der Waals surface area contributed by atoms with Crippen LogP contribution in [0.3, 0.4) is 0 Å². The molecule has 2 aromatic carbocycles. The van der Waals surface area contributed by atoms with Crippen molar-refractivity contribution in [1.29, 1.82) is 0 Å². The zero-order chi connectivity index (χ0) is 17.2. The van der Waals surface area contributed by atoms with Crippen molar-refractivity contribution >= 4 is 10.0 Å². The first kappa shape index (κ1) is 17.0. The Morgan fingerprint density at radius 2 is 1.75 bits per heavy atom. The van der Waals surface area contributed by atoms with Gasteiger partial charge in [-0.2, -0.15) is 4.31 Å². The number of rotatable bonds is 3. The second-order valence-corrected chi connectivity index (χ2v) is 7.95. The minimum absolute atomic E-state index is 0.0759. The molecular weight excluding hydrogens is 332 g/mol. The first-order valence-electron chi connectivity index (χ1n) is 7.98. The van der Waals surface area contributed by atoms with Crippen molar-refractivity contribution in [2.24, 2.45) is 0 Å². The van der Waals surface area contributed by atoms with E-state index >= 15 is 0 Å². The summed E-state index contributed by atoms with van der Waals surface area (Å²) >= 11 is 0. The minimum Gasteiger partial charge on any atom is -0.207 e. The second-order valence-electron chi connectivity index (χ2n) is 6.04. The minimum atomic E-state index is -3.98. The van der Waals surface area contributed by atoms with Crippen LogP contribution in [0.5, 0.6) is 0 Å². The molecule has 1 saturated heterocycles. The highest BCUT2D eigenvalue weighted by Gasteiger charge is 2.31. The molecule has 0 N–H and O–H groups in total. The van der Waals surface area contributed by atoms with E-state index in [0.29, 0.717) is 19.2 Å². The molecule has 3 nitrogen and oxygen atoms in total. The summed E-state index contributed by atoms with van der Waals surface area (Å²) in [5.41, 5.74) is 1.08. The van der Waals surface area contributed by atoms with Gasteiger partial charge in [0.15, 0.2) is 0 Å². The number of hydrogen-bond donors (Lipinski definition) is 0. The van der Waals surface area contributed by atoms with Gasteiger partial charge in [0, 0.05) is 19.2 Å². The van der Waals surface area contributed by atoms with Crippen LogP contribution in [0.1, 0.15) is 30.7 Å². The van der Waals surface area contributed by atoms with Crippen LogP contribution in [-0.4, -0.2) is 25.8 Å². The topological polar surface area (TPSA) is 37.4 Å². The van der Waals surface area contributed by atoms with Gasteiger partial charge in [-0.05, 0) is 36.5 Å². The zero-order valence-corrected chi connectivity index (χ0v) is 14.0. The van der Waals surface area contributed by atoms with Crippen molar-refractivity contribution in [3.8, 4) is 0 Å². The predicted molar refractivity (Wildman–Crippen MR) is 88.2 cm³/mol. The maximum absolute atomic E-state index is 14.0. The Morgan fingerprint density at radius 1 is 1.00 bits per heavy atom. The summed E-state index contributed by atoms with van der Waals surface area (Å²) < 4.78 is 54.0. The Morgan fingerprint density at radius 3 is 2.46 bits per heavy atom. The Hall–Kier alpha value is -1.79. The molecule has 0 aromatic heterocycles. The number of halogens is 2. The molecule has 6 heteroatoms. The van der Waals surface area contributed by atoms with Gasteiger partial charge >= 0.3 is 0 Å². The van der Waals surface area contributed by atoms with E-state index in [1.807, 2.05) is 30.3 Å². The van der Waals surface area contributed by atoms with Crippen LogP contribution in [0.4, 0.5) is 8.78 Å². The van der Waals surface area contributed by atoms with Gasteiger partial charge in [-0.15, -0.1) is 0 Å². The number of hydrogen-bond acceptors (Lipinski definition) is 2. The number of benzene rings is 2. The van der Waals surface area contributed by atoms with E-state index in [1.165, 1.54) is 4.31 Å². The highest BCUT2D eigenvalue weighted by atomic mass is 32.2. The molecule has 1 aliphatic heterocycles. The van der Waals surface area contributed by atoms with Crippen LogP contribution in [0.2, 0.25) is 0 Å². The highest BCUT2D eigenvalue weighted by Crippen LogP contribution is 2.30. The monoisotopic (exact) mass is 351 g/mol. The highest BCUT2D eigenvalue weighted by molar-refractivity contribution is 7.89. The molecular formula is C18H19F2NO2S. The summed E-state index contributed by atoms with van der Waals surface area (Å²) in [6, 6.07) is 12.3. The fourth-order valence-corrected chi connectivity index (χ4v) is 4.72. The fraction of sp³-hybridized carbons (Fsp3) is 0.333. The summed E-state index contributed by atoms with van der Waals surface area (Å²) in [7, 11) is -3.98. The van der Waals surface area contributed by atoms with Gasteiger partial charge in [0.05, 0.1) is 0 Å². The Kier molecular flexibility index (Phi) is 4.96. The molecule has 2 aromatic rings. The average molecular weight is 351 g/mol. The van der Waals surface area contributed by atoms with Crippen LogP contribution in [0.15, 0.2) is 53.4 Å². The molecule has 24 heavy (non-hydrogen) atoms. The van der Waals surface area contributed by atoms with Crippen molar-refractivity contribution in [2.45, 2.75) is 30.1 Å². The predicted octanol–water partition coefficient (Wildman–Crippen LogP) is 3.92. The van der Waals surface area contributed by atoms with Gasteiger partial charge in [-0.25, -0.2) is 17.2 Å². The molecule has 128 valence electrons. The quantitative estimate of drug-likeness (QED) is 0.840. The van der Waals surface area contributed by atoms with Crippen molar-refractivity contribution in [3.63, 3.8) is 0 Å². The maximum atomic E-state index is 14.0. The SMILES string of the molecule is O=S(=O)(c1ccc(F)cc1F)N1CCCCC(c2ccccc2)C1. The van der Waals surface area contributed by atoms with Gasteiger partial charge in [-0.3, -0.25) is 0 Å². The molecule has 0 radical (unpaired) electrons. The van der Waals surface area contributed by atoms with Crippen LogP contribution in [-0.2, 0) is 10.0 Å². The molecule has 3 rings (SSSR count). The van der Waals surface area contributed by atoms with E-state index in [9.17, 15) is 17.2 Å². The third-order valence-corrected chi connectivity index (χ3v) is 6.32. The molecule has 0 saturated carbocycles. The molecule has 1 fully saturated rings. The molecule has 1 heterocycles. The van der Waals surface area contributed by atoms with E-state index in [4.69, 9.17) is 0 Å². The van der Waals surface area contributed by atoms with Gasteiger partial charge in [0.1, 0.15) is 16.5 Å². The third-order valence-electron chi connectivity index (χ3n) is 4.42. The molecule has 1 aliphatic rings. The Bertz CT molecular complexity index is 809. The lowest BCUT2D eigenvalue weighted by atomic mass is 9.95. The zero-order valence-electron chi connectivity index (χ0n) is 13.2. The average Bonchev–Trinajstić information content (AvgIpc) is 2.82. The first-order valence-corrected chi connectivity index (χ1v) is 9.42. The molecule has 0 aliphatic carbocycles. The van der Waals surface area contributed by atoms with Crippen LogP contribution in [0.25, 0.3) is 0 Å². The van der Waals surface area contributed by atoms with E-state index < -0.39 is 26.6 Å². The standard InChI is InChI=1S/C18H19F2NO2S/c19-16-9-10-18(17(20)12-16)24(22,23)21-11-5-4-8-15(13-21)14-6-2-1-3-7-14/h1-3,6-7,9-10,12,15H,4-5,8,11,13H2. The molecule has 0 bridgehead atoms. The largest absolute Gasteiger partial charge is 0.246 e. The van der Waals surface area contributed by atoms with Crippen molar-refractivity contribution in [2.75, 3.05) is 13.1 Å². The van der Waals surface area contributed by atoms with Crippen molar-refractivity contribution in [1.82, 2.24) is 4.31 Å². The van der Waals surface area contributed by atoms with Crippen molar-refractivity contribution in [3.05, 3.63) is 65.7 Å². The summed E-state index contributed by atoms with van der Waals surface area (Å²) in [5.74, 6) is -1.76. The smallest absolute Gasteiger partial charge is 0.207 e. The van der Waals surface area contributed by atoms with Crippen molar-refractivity contribution < 1.29 is 17.2 Å².